The van der Waals surface area contributed by atoms with E-state index in [-0.39, 0.29) is 10.7 Å². The second-order valence-electron chi connectivity index (χ2n) is 2.45. The second-order valence-corrected chi connectivity index (χ2v) is 2.86. The topological polar surface area (TPSA) is 55.1 Å². The van der Waals surface area contributed by atoms with Crippen molar-refractivity contribution in [1.82, 2.24) is 0 Å². The second kappa shape index (κ2) is 4.10. The standard InChI is InChI=1S/C8H6F2N2OS/c9-5-2-1-4(3-6(5)10)12-8(14)7(11)13/h1-3H,(H2,11,13)(H,12,14). The molecule has 0 saturated carbocycles. The first kappa shape index (κ1) is 10.5. The molecular formula is C8H6F2N2OS. The number of thiocarbonyl (C=S) groups is 1. The van der Waals surface area contributed by atoms with E-state index in [1.165, 1.54) is 6.07 Å². The van der Waals surface area contributed by atoms with Gasteiger partial charge in [0.2, 0.25) is 0 Å². The lowest BCUT2D eigenvalue weighted by molar-refractivity contribution is -0.111. The SMILES string of the molecule is NC(=O)C(=S)Nc1ccc(F)c(F)c1. The third kappa shape index (κ3) is 2.46. The number of primary amides is 1. The number of nitrogens with two attached hydrogens (primary N) is 1. The Kier molecular flexibility index (Phi) is 3.08. The van der Waals surface area contributed by atoms with E-state index in [4.69, 9.17) is 5.73 Å². The highest BCUT2D eigenvalue weighted by Gasteiger charge is 2.06. The minimum absolute atomic E-state index is 0.174. The van der Waals surface area contributed by atoms with Crippen molar-refractivity contribution in [3.05, 3.63) is 29.8 Å². The van der Waals surface area contributed by atoms with Crippen LogP contribution in [0, 0.1) is 11.6 Å². The molecule has 1 aromatic rings. The zero-order valence-corrected chi connectivity index (χ0v) is 7.70. The van der Waals surface area contributed by atoms with E-state index in [0.29, 0.717) is 0 Å². The lowest BCUT2D eigenvalue weighted by Crippen LogP contribution is -2.27. The molecule has 0 unspecified atom stereocenters. The molecule has 0 aliphatic heterocycles. The van der Waals surface area contributed by atoms with Gasteiger partial charge in [-0.15, -0.1) is 0 Å². The molecule has 0 aliphatic rings. The molecule has 6 heteroatoms. The summed E-state index contributed by atoms with van der Waals surface area (Å²) >= 11 is 4.53. The van der Waals surface area contributed by atoms with Gasteiger partial charge in [-0.2, -0.15) is 0 Å². The van der Waals surface area contributed by atoms with Crippen LogP contribution in [0.4, 0.5) is 14.5 Å². The number of hydrogen-bond donors (Lipinski definition) is 2. The fourth-order valence-electron chi connectivity index (χ4n) is 0.767. The van der Waals surface area contributed by atoms with Gasteiger partial charge in [-0.1, -0.05) is 12.2 Å². The Labute approximate surface area is 83.9 Å². The Morgan fingerprint density at radius 3 is 2.50 bits per heavy atom. The maximum atomic E-state index is 12.7. The first-order valence-corrected chi connectivity index (χ1v) is 3.97. The van der Waals surface area contributed by atoms with E-state index in [1.807, 2.05) is 0 Å². The van der Waals surface area contributed by atoms with E-state index in [2.05, 4.69) is 17.5 Å². The normalized spacial score (nSPS) is 9.57. The summed E-state index contributed by atoms with van der Waals surface area (Å²) in [6.45, 7) is 0. The number of hydrogen-bond acceptors (Lipinski definition) is 2. The smallest absolute Gasteiger partial charge is 0.276 e. The third-order valence-electron chi connectivity index (χ3n) is 1.40. The summed E-state index contributed by atoms with van der Waals surface area (Å²) in [4.78, 5) is 10.3. The Balaban J connectivity index is 2.83. The van der Waals surface area contributed by atoms with E-state index < -0.39 is 17.5 Å². The van der Waals surface area contributed by atoms with Crippen molar-refractivity contribution >= 4 is 28.8 Å². The van der Waals surface area contributed by atoms with Gasteiger partial charge in [-0.3, -0.25) is 4.79 Å². The molecule has 0 atom stereocenters. The monoisotopic (exact) mass is 216 g/mol. The summed E-state index contributed by atoms with van der Waals surface area (Å²) in [5, 5.41) is 2.36. The van der Waals surface area contributed by atoms with E-state index >= 15 is 0 Å². The van der Waals surface area contributed by atoms with Gasteiger partial charge in [0, 0.05) is 11.8 Å². The molecule has 0 aromatic heterocycles. The quantitative estimate of drug-likeness (QED) is 0.693. The van der Waals surface area contributed by atoms with Crippen molar-refractivity contribution in [3.63, 3.8) is 0 Å². The Morgan fingerprint density at radius 2 is 2.00 bits per heavy atom. The van der Waals surface area contributed by atoms with Crippen molar-refractivity contribution in [1.29, 1.82) is 0 Å². The van der Waals surface area contributed by atoms with Crippen LogP contribution in [0.2, 0.25) is 0 Å². The summed E-state index contributed by atoms with van der Waals surface area (Å²) in [6, 6.07) is 3.04. The van der Waals surface area contributed by atoms with Crippen LogP contribution in [-0.2, 0) is 4.79 Å². The molecule has 0 aliphatic carbocycles. The van der Waals surface area contributed by atoms with E-state index in [9.17, 15) is 13.6 Å². The minimum atomic E-state index is -1.03. The van der Waals surface area contributed by atoms with Crippen LogP contribution in [-0.4, -0.2) is 10.9 Å². The predicted octanol–water partition coefficient (Wildman–Crippen LogP) is 1.19. The largest absolute Gasteiger partial charge is 0.364 e. The molecule has 14 heavy (non-hydrogen) atoms. The number of amides is 1. The zero-order valence-electron chi connectivity index (χ0n) is 6.88. The number of carbonyl (C=O) groups excluding carboxylic acids is 1. The van der Waals surface area contributed by atoms with Crippen LogP contribution in [0.15, 0.2) is 18.2 Å². The van der Waals surface area contributed by atoms with Gasteiger partial charge in [0.1, 0.15) is 0 Å². The molecule has 0 fully saturated rings. The summed E-state index contributed by atoms with van der Waals surface area (Å²) in [5.74, 6) is -2.83. The maximum absolute atomic E-state index is 12.7. The molecule has 0 heterocycles. The highest BCUT2D eigenvalue weighted by atomic mass is 32.1. The van der Waals surface area contributed by atoms with E-state index in [1.54, 1.807) is 0 Å². The molecule has 0 saturated heterocycles. The number of rotatable bonds is 1. The molecular weight excluding hydrogens is 210 g/mol. The van der Waals surface area contributed by atoms with Crippen molar-refractivity contribution in [2.24, 2.45) is 5.73 Å². The summed E-state index contributed by atoms with van der Waals surface area (Å²) in [6.07, 6.45) is 0. The number of benzene rings is 1. The highest BCUT2D eigenvalue weighted by Crippen LogP contribution is 2.12. The average Bonchev–Trinajstić information content (AvgIpc) is 2.11. The van der Waals surface area contributed by atoms with Crippen LogP contribution in [0.3, 0.4) is 0 Å². The minimum Gasteiger partial charge on any atom is -0.364 e. The molecule has 0 bridgehead atoms. The Bertz CT molecular complexity index is 395. The molecule has 1 aromatic carbocycles. The predicted molar refractivity (Wildman–Crippen MR) is 51.8 cm³/mol. The lowest BCUT2D eigenvalue weighted by Gasteiger charge is -2.04. The van der Waals surface area contributed by atoms with Gasteiger partial charge in [0.15, 0.2) is 16.6 Å². The highest BCUT2D eigenvalue weighted by molar-refractivity contribution is 7.82. The van der Waals surface area contributed by atoms with Crippen LogP contribution in [0.1, 0.15) is 0 Å². The van der Waals surface area contributed by atoms with Crippen molar-refractivity contribution in [2.75, 3.05) is 5.32 Å². The van der Waals surface area contributed by atoms with Gasteiger partial charge in [0.05, 0.1) is 0 Å². The molecule has 0 radical (unpaired) electrons. The van der Waals surface area contributed by atoms with Crippen LogP contribution < -0.4 is 11.1 Å². The molecule has 74 valence electrons. The number of halogens is 2. The van der Waals surface area contributed by atoms with Crippen LogP contribution in [0.5, 0.6) is 0 Å². The van der Waals surface area contributed by atoms with Crippen molar-refractivity contribution in [2.45, 2.75) is 0 Å². The molecule has 0 spiro atoms. The van der Waals surface area contributed by atoms with Gasteiger partial charge in [-0.05, 0) is 12.1 Å². The fraction of sp³-hybridized carbons (Fsp3) is 0. The Hall–Kier alpha value is -1.56. The van der Waals surface area contributed by atoms with Gasteiger partial charge in [0.25, 0.3) is 5.91 Å². The Morgan fingerprint density at radius 1 is 1.36 bits per heavy atom. The summed E-state index contributed by atoms with van der Waals surface area (Å²) in [7, 11) is 0. The third-order valence-corrected chi connectivity index (χ3v) is 1.70. The molecule has 1 amide bonds. The zero-order chi connectivity index (χ0) is 10.7. The fourth-order valence-corrected chi connectivity index (χ4v) is 0.884. The number of nitrogens with one attached hydrogen (secondary N) is 1. The molecule has 3 N–H and O–H groups in total. The van der Waals surface area contributed by atoms with Crippen LogP contribution >= 0.6 is 12.2 Å². The first-order valence-electron chi connectivity index (χ1n) is 3.56. The van der Waals surface area contributed by atoms with E-state index in [0.717, 1.165) is 12.1 Å². The molecule has 3 nitrogen and oxygen atoms in total. The maximum Gasteiger partial charge on any atom is 0.276 e. The number of anilines is 1. The van der Waals surface area contributed by atoms with Gasteiger partial charge < -0.3 is 11.1 Å². The lowest BCUT2D eigenvalue weighted by atomic mass is 10.3. The molecule has 1 rings (SSSR count). The first-order chi connectivity index (χ1) is 6.50. The average molecular weight is 216 g/mol. The van der Waals surface area contributed by atoms with Crippen molar-refractivity contribution < 1.29 is 13.6 Å². The van der Waals surface area contributed by atoms with Crippen molar-refractivity contribution in [3.8, 4) is 0 Å². The van der Waals surface area contributed by atoms with Crippen LogP contribution in [0.25, 0.3) is 0 Å². The summed E-state index contributed by atoms with van der Waals surface area (Å²) in [5.41, 5.74) is 5.02. The van der Waals surface area contributed by atoms with Gasteiger partial charge >= 0.3 is 0 Å². The number of carbonyl (C=O) groups is 1. The summed E-state index contributed by atoms with van der Waals surface area (Å²) < 4.78 is 25.1. The van der Waals surface area contributed by atoms with Gasteiger partial charge in [-0.25, -0.2) is 8.78 Å².